The highest BCUT2D eigenvalue weighted by molar-refractivity contribution is 5.40. The minimum absolute atomic E-state index is 0.424. The summed E-state index contributed by atoms with van der Waals surface area (Å²) in [5, 5.41) is 6.29. The molecular weight excluding hydrogens is 204 g/mol. The fraction of sp³-hybridized carbons (Fsp3) is 0.636. The molecule has 5 nitrogen and oxygen atoms in total. The van der Waals surface area contributed by atoms with Crippen LogP contribution in [0.4, 0.5) is 11.8 Å². The van der Waals surface area contributed by atoms with Crippen LogP contribution in [0, 0.1) is 0 Å². The van der Waals surface area contributed by atoms with Crippen LogP contribution in [0.1, 0.15) is 19.8 Å². The van der Waals surface area contributed by atoms with E-state index in [1.165, 1.54) is 0 Å². The van der Waals surface area contributed by atoms with Crippen molar-refractivity contribution in [3.63, 3.8) is 0 Å². The van der Waals surface area contributed by atoms with Gasteiger partial charge in [0.2, 0.25) is 5.95 Å². The summed E-state index contributed by atoms with van der Waals surface area (Å²) >= 11 is 0. The van der Waals surface area contributed by atoms with E-state index in [2.05, 4.69) is 20.6 Å². The smallest absolute Gasteiger partial charge is 0.224 e. The van der Waals surface area contributed by atoms with Crippen molar-refractivity contribution >= 4 is 11.8 Å². The fourth-order valence-electron chi connectivity index (χ4n) is 1.82. The Bertz CT molecular complexity index is 339. The van der Waals surface area contributed by atoms with E-state index in [-0.39, 0.29) is 0 Å². The molecule has 1 heterocycles. The minimum atomic E-state index is 0.424. The molecule has 2 rings (SSSR count). The molecule has 0 aromatic carbocycles. The molecule has 0 amide bonds. The lowest BCUT2D eigenvalue weighted by Gasteiger charge is -2.35. The zero-order valence-electron chi connectivity index (χ0n) is 9.73. The largest absolute Gasteiger partial charge is 0.378 e. The molecule has 1 aliphatic rings. The van der Waals surface area contributed by atoms with E-state index < -0.39 is 0 Å². The molecule has 0 aliphatic heterocycles. The molecule has 0 spiro atoms. The highest BCUT2D eigenvalue weighted by atomic mass is 16.5. The topological polar surface area (TPSA) is 59.1 Å². The first-order valence-electron chi connectivity index (χ1n) is 5.70. The Kier molecular flexibility index (Phi) is 3.56. The molecule has 0 radical (unpaired) electrons. The van der Waals surface area contributed by atoms with E-state index in [9.17, 15) is 0 Å². The number of aromatic nitrogens is 2. The first kappa shape index (κ1) is 11.1. The molecule has 0 unspecified atom stereocenters. The summed E-state index contributed by atoms with van der Waals surface area (Å²) in [4.78, 5) is 8.38. The Balaban J connectivity index is 1.82. The van der Waals surface area contributed by atoms with Gasteiger partial charge in [0.15, 0.2) is 0 Å². The number of nitrogens with zero attached hydrogens (tertiary/aromatic N) is 2. The Labute approximate surface area is 95.6 Å². The van der Waals surface area contributed by atoms with E-state index in [1.807, 2.05) is 20.0 Å². The highest BCUT2D eigenvalue weighted by Gasteiger charge is 2.29. The van der Waals surface area contributed by atoms with Gasteiger partial charge in [-0.25, -0.2) is 4.98 Å². The van der Waals surface area contributed by atoms with Gasteiger partial charge in [0.05, 0.1) is 6.10 Å². The van der Waals surface area contributed by atoms with Gasteiger partial charge < -0.3 is 15.4 Å². The van der Waals surface area contributed by atoms with Gasteiger partial charge in [-0.05, 0) is 25.8 Å². The molecule has 16 heavy (non-hydrogen) atoms. The summed E-state index contributed by atoms with van der Waals surface area (Å²) in [7, 11) is 1.81. The summed E-state index contributed by atoms with van der Waals surface area (Å²) in [6.07, 6.45) is 4.30. The summed E-state index contributed by atoms with van der Waals surface area (Å²) in [6.45, 7) is 2.83. The molecule has 1 fully saturated rings. The monoisotopic (exact) mass is 222 g/mol. The summed E-state index contributed by atoms with van der Waals surface area (Å²) in [5.41, 5.74) is 0. The number of hydrogen-bond donors (Lipinski definition) is 2. The lowest BCUT2D eigenvalue weighted by atomic mass is 9.89. The second-order valence-electron chi connectivity index (χ2n) is 3.91. The van der Waals surface area contributed by atoms with Crippen molar-refractivity contribution in [2.75, 3.05) is 24.3 Å². The van der Waals surface area contributed by atoms with Gasteiger partial charge in [-0.15, -0.1) is 0 Å². The minimum Gasteiger partial charge on any atom is -0.378 e. The number of rotatable bonds is 5. The molecule has 1 aromatic rings. The highest BCUT2D eigenvalue weighted by Crippen LogP contribution is 2.26. The van der Waals surface area contributed by atoms with E-state index in [4.69, 9.17) is 4.74 Å². The zero-order valence-corrected chi connectivity index (χ0v) is 9.73. The number of nitrogens with one attached hydrogen (secondary N) is 2. The Morgan fingerprint density at radius 1 is 1.50 bits per heavy atom. The number of anilines is 2. The summed E-state index contributed by atoms with van der Waals surface area (Å²) in [5.74, 6) is 1.52. The maximum absolute atomic E-state index is 5.51. The van der Waals surface area contributed by atoms with E-state index in [1.54, 1.807) is 6.20 Å². The normalized spacial score (nSPS) is 23.6. The molecule has 2 N–H and O–H groups in total. The van der Waals surface area contributed by atoms with Crippen LogP contribution in [0.2, 0.25) is 0 Å². The third-order valence-corrected chi connectivity index (χ3v) is 2.73. The van der Waals surface area contributed by atoms with Crippen molar-refractivity contribution in [1.29, 1.82) is 0 Å². The van der Waals surface area contributed by atoms with Gasteiger partial charge in [0, 0.05) is 25.9 Å². The molecular formula is C11H18N4O. The maximum Gasteiger partial charge on any atom is 0.224 e. The number of hydrogen-bond acceptors (Lipinski definition) is 5. The van der Waals surface area contributed by atoms with Crippen LogP contribution >= 0.6 is 0 Å². The Morgan fingerprint density at radius 3 is 3.00 bits per heavy atom. The zero-order chi connectivity index (χ0) is 11.4. The molecule has 1 saturated carbocycles. The van der Waals surface area contributed by atoms with E-state index >= 15 is 0 Å². The van der Waals surface area contributed by atoms with Crippen LogP contribution in [0.3, 0.4) is 0 Å². The fourth-order valence-corrected chi connectivity index (χ4v) is 1.82. The van der Waals surface area contributed by atoms with Gasteiger partial charge >= 0.3 is 0 Å². The average molecular weight is 222 g/mol. The van der Waals surface area contributed by atoms with Gasteiger partial charge in [-0.2, -0.15) is 4.98 Å². The van der Waals surface area contributed by atoms with Crippen molar-refractivity contribution < 1.29 is 4.74 Å². The molecule has 1 aliphatic carbocycles. The summed E-state index contributed by atoms with van der Waals surface area (Å²) < 4.78 is 5.51. The molecule has 0 bridgehead atoms. The molecule has 88 valence electrons. The maximum atomic E-state index is 5.51. The van der Waals surface area contributed by atoms with Crippen molar-refractivity contribution in [2.24, 2.45) is 0 Å². The van der Waals surface area contributed by atoms with Crippen LogP contribution < -0.4 is 10.6 Å². The Hall–Kier alpha value is -1.36. The molecule has 0 saturated heterocycles. The van der Waals surface area contributed by atoms with Crippen LogP contribution in [0.5, 0.6) is 0 Å². The predicted octanol–water partition coefficient (Wildman–Crippen LogP) is 1.50. The Morgan fingerprint density at radius 2 is 2.31 bits per heavy atom. The second-order valence-corrected chi connectivity index (χ2v) is 3.91. The predicted molar refractivity (Wildman–Crippen MR) is 63.6 cm³/mol. The van der Waals surface area contributed by atoms with Crippen LogP contribution in [-0.4, -0.2) is 35.8 Å². The van der Waals surface area contributed by atoms with Gasteiger partial charge in [-0.1, -0.05) is 0 Å². The molecule has 1 aromatic heterocycles. The first-order valence-corrected chi connectivity index (χ1v) is 5.70. The van der Waals surface area contributed by atoms with E-state index in [0.717, 1.165) is 25.3 Å². The van der Waals surface area contributed by atoms with Crippen molar-refractivity contribution in [3.05, 3.63) is 12.3 Å². The van der Waals surface area contributed by atoms with Gasteiger partial charge in [0.1, 0.15) is 5.82 Å². The molecule has 5 heteroatoms. The first-order chi connectivity index (χ1) is 7.81. The van der Waals surface area contributed by atoms with Gasteiger partial charge in [0.25, 0.3) is 0 Å². The third-order valence-electron chi connectivity index (χ3n) is 2.73. The standard InChI is InChI=1S/C11H18N4O/c1-3-16-9-6-8(7-9)14-10-4-5-13-11(12-2)15-10/h4-5,8-9H,3,6-7H2,1-2H3,(H2,12,13,14,15). The van der Waals surface area contributed by atoms with Crippen molar-refractivity contribution in [1.82, 2.24) is 9.97 Å². The van der Waals surface area contributed by atoms with Crippen LogP contribution in [0.25, 0.3) is 0 Å². The van der Waals surface area contributed by atoms with Crippen molar-refractivity contribution in [3.8, 4) is 0 Å². The van der Waals surface area contributed by atoms with Crippen LogP contribution in [-0.2, 0) is 4.74 Å². The summed E-state index contributed by atoms with van der Waals surface area (Å²) in [6, 6.07) is 2.37. The van der Waals surface area contributed by atoms with Crippen molar-refractivity contribution in [2.45, 2.75) is 31.9 Å². The van der Waals surface area contributed by atoms with E-state index in [0.29, 0.717) is 18.1 Å². The lowest BCUT2D eigenvalue weighted by Crippen LogP contribution is -2.41. The number of ether oxygens (including phenoxy) is 1. The second kappa shape index (κ2) is 5.12. The molecule has 0 atom stereocenters. The third kappa shape index (κ3) is 2.61. The average Bonchev–Trinajstić information content (AvgIpc) is 2.27. The lowest BCUT2D eigenvalue weighted by molar-refractivity contribution is 0.00293. The van der Waals surface area contributed by atoms with Crippen LogP contribution in [0.15, 0.2) is 12.3 Å². The quantitative estimate of drug-likeness (QED) is 0.790. The van der Waals surface area contributed by atoms with Gasteiger partial charge in [-0.3, -0.25) is 0 Å². The SMILES string of the molecule is CCOC1CC(Nc2ccnc(NC)n2)C1.